The molecule has 1 unspecified atom stereocenters. The van der Waals surface area contributed by atoms with Crippen LogP contribution in [-0.2, 0) is 10.0 Å². The molecule has 248 valence electrons. The highest BCUT2D eigenvalue weighted by Crippen LogP contribution is 2.36. The van der Waals surface area contributed by atoms with Crippen LogP contribution in [0.1, 0.15) is 59.4 Å². The molecule has 0 saturated carbocycles. The average Bonchev–Trinajstić information content (AvgIpc) is 3.26. The highest BCUT2D eigenvalue weighted by molar-refractivity contribution is 7.92. The van der Waals surface area contributed by atoms with Gasteiger partial charge in [0.15, 0.2) is 5.82 Å². The number of likely N-dealkylation sites (tertiary alicyclic amines) is 1. The minimum Gasteiger partial charge on any atom is -0.389 e. The van der Waals surface area contributed by atoms with Gasteiger partial charge in [-0.05, 0) is 64.3 Å². The second-order valence-electron chi connectivity index (χ2n) is 13.1. The summed E-state index contributed by atoms with van der Waals surface area (Å²) in [6.07, 6.45) is 9.37. The molecule has 2 aliphatic rings. The molecule has 0 bridgehead atoms. The predicted molar refractivity (Wildman–Crippen MR) is 182 cm³/mol. The zero-order valence-corrected chi connectivity index (χ0v) is 28.2. The Morgan fingerprint density at radius 3 is 2.54 bits per heavy atom. The third-order valence-corrected chi connectivity index (χ3v) is 10.2. The van der Waals surface area contributed by atoms with Crippen LogP contribution < -0.4 is 9.62 Å². The standard InChI is InChI=1S/C34H44F2N6O3S/c1-7-16-46(44,45)39-28-9-8-27(35)33(31(28)36)42-20-26(24-17-22(2)23(3)18-37-19-24)32-29(42)10-11-30(38-32)40(6)25-12-14-41(15-13-25)21-34(4,5)43/h8-11,17-20,23,25,39,43H,7,12-16,21H2,1-6H3. The van der Waals surface area contributed by atoms with Gasteiger partial charge in [-0.25, -0.2) is 22.2 Å². The number of piperidine rings is 1. The van der Waals surface area contributed by atoms with Gasteiger partial charge in [0.25, 0.3) is 0 Å². The molecule has 0 amide bonds. The van der Waals surface area contributed by atoms with E-state index in [-0.39, 0.29) is 23.4 Å². The van der Waals surface area contributed by atoms with Crippen LogP contribution in [0.3, 0.4) is 0 Å². The lowest BCUT2D eigenvalue weighted by molar-refractivity contribution is 0.0282. The number of aliphatic imine (C=N–C) groups is 1. The number of aliphatic hydroxyl groups is 1. The van der Waals surface area contributed by atoms with E-state index < -0.39 is 32.9 Å². The van der Waals surface area contributed by atoms with E-state index in [2.05, 4.69) is 19.5 Å². The molecule has 0 aliphatic carbocycles. The SMILES string of the molecule is CCCS(=O)(=O)Nc1ccc(F)c(-n2cc(C3=CN=CC(C)C(C)=C3)c3nc(N(C)C4CCN(CC(C)(C)O)CC4)ccc32)c1F. The number of benzene rings is 1. The van der Waals surface area contributed by atoms with Crippen molar-refractivity contribution in [3.63, 3.8) is 0 Å². The molecule has 3 aromatic rings. The van der Waals surface area contributed by atoms with Crippen molar-refractivity contribution in [1.29, 1.82) is 0 Å². The number of sulfonamides is 1. The van der Waals surface area contributed by atoms with Crippen molar-refractivity contribution < 1.29 is 22.3 Å². The Morgan fingerprint density at radius 2 is 1.87 bits per heavy atom. The van der Waals surface area contributed by atoms with E-state index in [1.807, 2.05) is 53.1 Å². The maximum atomic E-state index is 16.0. The van der Waals surface area contributed by atoms with E-state index >= 15 is 8.78 Å². The fourth-order valence-corrected chi connectivity index (χ4v) is 7.28. The monoisotopic (exact) mass is 654 g/mol. The van der Waals surface area contributed by atoms with E-state index in [0.29, 0.717) is 29.6 Å². The van der Waals surface area contributed by atoms with E-state index in [1.165, 1.54) is 4.57 Å². The zero-order valence-electron chi connectivity index (χ0n) is 27.4. The largest absolute Gasteiger partial charge is 0.389 e. The highest BCUT2D eigenvalue weighted by atomic mass is 32.2. The van der Waals surface area contributed by atoms with Crippen molar-refractivity contribution in [2.45, 2.75) is 65.5 Å². The Kier molecular flexibility index (Phi) is 9.72. The Balaban J connectivity index is 1.59. The number of pyridine rings is 1. The molecule has 12 heteroatoms. The Morgan fingerprint density at radius 1 is 1.15 bits per heavy atom. The number of anilines is 2. The first-order chi connectivity index (χ1) is 21.7. The van der Waals surface area contributed by atoms with Crippen LogP contribution in [0.4, 0.5) is 20.3 Å². The predicted octanol–water partition coefficient (Wildman–Crippen LogP) is 6.13. The summed E-state index contributed by atoms with van der Waals surface area (Å²) in [6.45, 7) is 11.7. The van der Waals surface area contributed by atoms with Gasteiger partial charge >= 0.3 is 0 Å². The minimum atomic E-state index is -3.82. The van der Waals surface area contributed by atoms with E-state index in [9.17, 15) is 13.5 Å². The quantitative estimate of drug-likeness (QED) is 0.273. The summed E-state index contributed by atoms with van der Waals surface area (Å²) in [4.78, 5) is 14.0. The summed E-state index contributed by atoms with van der Waals surface area (Å²) in [5.74, 6) is -1.21. The van der Waals surface area contributed by atoms with Crippen LogP contribution in [-0.4, -0.2) is 78.3 Å². The highest BCUT2D eigenvalue weighted by Gasteiger charge is 2.28. The number of aromatic nitrogens is 2. The molecule has 1 aromatic carbocycles. The molecule has 2 aromatic heterocycles. The van der Waals surface area contributed by atoms with Gasteiger partial charge in [0, 0.05) is 68.4 Å². The molecule has 1 saturated heterocycles. The van der Waals surface area contributed by atoms with Crippen LogP contribution in [0.5, 0.6) is 0 Å². The fourth-order valence-electron chi connectivity index (χ4n) is 6.14. The molecule has 1 atom stereocenters. The van der Waals surface area contributed by atoms with Crippen molar-refractivity contribution in [2.75, 3.05) is 42.1 Å². The third-order valence-electron chi connectivity index (χ3n) is 8.69. The van der Waals surface area contributed by atoms with Gasteiger partial charge in [-0.15, -0.1) is 0 Å². The molecule has 4 heterocycles. The summed E-state index contributed by atoms with van der Waals surface area (Å²) >= 11 is 0. The van der Waals surface area contributed by atoms with Crippen LogP contribution in [0.15, 0.2) is 53.3 Å². The molecule has 5 rings (SSSR count). The number of nitrogens with zero attached hydrogens (tertiary/aromatic N) is 5. The first-order valence-corrected chi connectivity index (χ1v) is 17.4. The third kappa shape index (κ3) is 7.34. The first-order valence-electron chi connectivity index (χ1n) is 15.8. The van der Waals surface area contributed by atoms with Gasteiger partial charge in [-0.2, -0.15) is 0 Å². The maximum absolute atomic E-state index is 16.0. The first kappa shape index (κ1) is 33.7. The molecular weight excluding hydrogens is 610 g/mol. The number of allylic oxidation sites excluding steroid dienone is 3. The van der Waals surface area contributed by atoms with Crippen LogP contribution in [0, 0.1) is 17.6 Å². The second kappa shape index (κ2) is 13.2. The molecule has 2 aliphatic heterocycles. The van der Waals surface area contributed by atoms with Crippen molar-refractivity contribution >= 4 is 44.3 Å². The molecule has 2 N–H and O–H groups in total. The van der Waals surface area contributed by atoms with Gasteiger partial charge in [-0.1, -0.05) is 25.5 Å². The Bertz CT molecular complexity index is 1800. The van der Waals surface area contributed by atoms with Crippen molar-refractivity contribution in [3.8, 4) is 5.69 Å². The second-order valence-corrected chi connectivity index (χ2v) is 15.0. The number of hydrogen-bond acceptors (Lipinski definition) is 7. The summed E-state index contributed by atoms with van der Waals surface area (Å²) in [6, 6.07) is 6.03. The van der Waals surface area contributed by atoms with Crippen LogP contribution in [0.2, 0.25) is 0 Å². The van der Waals surface area contributed by atoms with Crippen molar-refractivity contribution in [2.24, 2.45) is 10.9 Å². The average molecular weight is 655 g/mol. The topological polar surface area (TPSA) is 103 Å². The van der Waals surface area contributed by atoms with Crippen LogP contribution >= 0.6 is 0 Å². The molecule has 1 fully saturated rings. The minimum absolute atomic E-state index is 0.113. The number of hydrogen-bond donors (Lipinski definition) is 2. The number of rotatable bonds is 10. The van der Waals surface area contributed by atoms with Gasteiger partial charge < -0.3 is 19.5 Å². The zero-order chi connectivity index (χ0) is 33.4. The lowest BCUT2D eigenvalue weighted by Gasteiger charge is -2.39. The van der Waals surface area contributed by atoms with Gasteiger partial charge in [0.2, 0.25) is 10.0 Å². The number of β-amino-alcohol motifs (C(OH)–C–C–N with tert-alkyl or cyclic N) is 1. The molecule has 0 radical (unpaired) electrons. The van der Waals surface area contributed by atoms with Gasteiger partial charge in [-0.3, -0.25) is 9.71 Å². The molecule has 46 heavy (non-hydrogen) atoms. The van der Waals surface area contributed by atoms with Crippen molar-refractivity contribution in [3.05, 3.63) is 65.5 Å². The van der Waals surface area contributed by atoms with Gasteiger partial charge in [0.1, 0.15) is 17.3 Å². The normalized spacial score (nSPS) is 18.4. The Hall–Kier alpha value is -3.61. The smallest absolute Gasteiger partial charge is 0.232 e. The van der Waals surface area contributed by atoms with Crippen LogP contribution in [0.25, 0.3) is 22.3 Å². The number of nitrogens with one attached hydrogen (secondary N) is 1. The summed E-state index contributed by atoms with van der Waals surface area (Å²) in [5, 5.41) is 10.3. The number of fused-ring (bicyclic) bond motifs is 1. The summed E-state index contributed by atoms with van der Waals surface area (Å²) in [7, 11) is -1.81. The van der Waals surface area contributed by atoms with Crippen molar-refractivity contribution in [1.82, 2.24) is 14.5 Å². The van der Waals surface area contributed by atoms with Gasteiger partial charge in [0.05, 0.1) is 28.1 Å². The number of halogens is 2. The lowest BCUT2D eigenvalue weighted by Crippen LogP contribution is -2.47. The van der Waals surface area contributed by atoms with E-state index in [1.54, 1.807) is 25.4 Å². The summed E-state index contributed by atoms with van der Waals surface area (Å²) in [5.41, 5.74) is 1.99. The Labute approximate surface area is 270 Å². The molecule has 9 nitrogen and oxygen atoms in total. The fraction of sp³-hybridized carbons (Fsp3) is 0.471. The summed E-state index contributed by atoms with van der Waals surface area (Å²) < 4.78 is 60.2. The molecule has 0 spiro atoms. The van der Waals surface area contributed by atoms with E-state index in [4.69, 9.17) is 4.98 Å². The maximum Gasteiger partial charge on any atom is 0.232 e. The molecular formula is C34H44F2N6O3S. The lowest BCUT2D eigenvalue weighted by atomic mass is 10.00. The van der Waals surface area contributed by atoms with E-state index in [0.717, 1.165) is 55.0 Å².